The lowest BCUT2D eigenvalue weighted by Gasteiger charge is -2.23. The van der Waals surface area contributed by atoms with Crippen molar-refractivity contribution in [1.29, 1.82) is 0 Å². The van der Waals surface area contributed by atoms with Crippen molar-refractivity contribution < 1.29 is 4.39 Å². The van der Waals surface area contributed by atoms with Gasteiger partial charge in [-0.25, -0.2) is 9.37 Å². The molecule has 0 saturated carbocycles. The maximum atomic E-state index is 13.2. The van der Waals surface area contributed by atoms with Gasteiger partial charge in [0.25, 0.3) is 0 Å². The topological polar surface area (TPSA) is 40.7 Å². The number of hydrogen-bond acceptors (Lipinski definition) is 2. The number of H-pyrrole nitrogens is 1. The van der Waals surface area contributed by atoms with Crippen LogP contribution in [0.15, 0.2) is 30.6 Å². The number of imidazole rings is 1. The van der Waals surface area contributed by atoms with E-state index in [9.17, 15) is 4.39 Å². The molecule has 4 heteroatoms. The summed E-state index contributed by atoms with van der Waals surface area (Å²) in [6, 6.07) is 6.67. The van der Waals surface area contributed by atoms with Crippen molar-refractivity contribution in [2.24, 2.45) is 0 Å². The Kier molecular flexibility index (Phi) is 2.22. The van der Waals surface area contributed by atoms with Gasteiger partial charge < -0.3 is 10.3 Å². The molecule has 0 radical (unpaired) electrons. The van der Waals surface area contributed by atoms with Crippen LogP contribution >= 0.6 is 0 Å². The summed E-state index contributed by atoms with van der Waals surface area (Å²) in [5.41, 5.74) is 3.05. The first-order valence-electron chi connectivity index (χ1n) is 5.35. The number of aromatic amines is 1. The quantitative estimate of drug-likeness (QED) is 0.764. The minimum absolute atomic E-state index is 0.00528. The molecule has 2 aromatic rings. The van der Waals surface area contributed by atoms with Gasteiger partial charge in [-0.15, -0.1) is 0 Å². The molecular weight excluding hydrogens is 205 g/mol. The lowest BCUT2D eigenvalue weighted by atomic mass is 9.98. The summed E-state index contributed by atoms with van der Waals surface area (Å²) in [5, 5.41) is 3.36. The van der Waals surface area contributed by atoms with Gasteiger partial charge in [-0.1, -0.05) is 12.1 Å². The van der Waals surface area contributed by atoms with Gasteiger partial charge in [-0.2, -0.15) is 0 Å². The van der Waals surface area contributed by atoms with E-state index in [1.54, 1.807) is 18.5 Å². The number of halogens is 1. The Morgan fingerprint density at radius 1 is 1.38 bits per heavy atom. The lowest BCUT2D eigenvalue weighted by Crippen LogP contribution is -2.30. The Hall–Kier alpha value is -1.68. The van der Waals surface area contributed by atoms with Gasteiger partial charge in [-0.3, -0.25) is 0 Å². The zero-order valence-corrected chi connectivity index (χ0v) is 8.70. The Balaban J connectivity index is 2.04. The highest BCUT2D eigenvalue weighted by molar-refractivity contribution is 5.32. The van der Waals surface area contributed by atoms with Crippen molar-refractivity contribution in [2.45, 2.75) is 12.5 Å². The monoisotopic (exact) mass is 217 g/mol. The maximum absolute atomic E-state index is 13.2. The fourth-order valence-electron chi connectivity index (χ4n) is 2.18. The predicted octanol–water partition coefficient (Wildman–Crippen LogP) is 1.78. The third kappa shape index (κ3) is 1.51. The Morgan fingerprint density at radius 2 is 2.31 bits per heavy atom. The molecule has 0 fully saturated rings. The highest BCUT2D eigenvalue weighted by Crippen LogP contribution is 2.26. The van der Waals surface area contributed by atoms with Crippen LogP contribution in [0, 0.1) is 5.82 Å². The number of aromatic nitrogens is 2. The molecule has 1 aromatic carbocycles. The fourth-order valence-corrected chi connectivity index (χ4v) is 2.18. The van der Waals surface area contributed by atoms with E-state index in [0.29, 0.717) is 0 Å². The molecule has 0 aliphatic carbocycles. The maximum Gasteiger partial charge on any atom is 0.123 e. The second-order valence-electron chi connectivity index (χ2n) is 3.96. The molecule has 3 nitrogen and oxygen atoms in total. The van der Waals surface area contributed by atoms with Crippen LogP contribution in [0.1, 0.15) is 23.0 Å². The average Bonchev–Trinajstić information content (AvgIpc) is 2.76. The molecule has 3 rings (SSSR count). The van der Waals surface area contributed by atoms with Crippen LogP contribution in [0.2, 0.25) is 0 Å². The van der Waals surface area contributed by atoms with Gasteiger partial charge in [0.15, 0.2) is 0 Å². The summed E-state index contributed by atoms with van der Waals surface area (Å²) in [7, 11) is 0. The standard InChI is InChI=1S/C12H12FN3/c13-9-3-1-2-8(6-9)11-12-10(4-5-14-11)15-7-16-12/h1-3,6-7,11,14H,4-5H2,(H,15,16)/t11-/m0/s1. The lowest BCUT2D eigenvalue weighted by molar-refractivity contribution is 0.547. The van der Waals surface area contributed by atoms with Gasteiger partial charge in [0.1, 0.15) is 5.82 Å². The van der Waals surface area contributed by atoms with E-state index in [1.807, 2.05) is 6.07 Å². The number of fused-ring (bicyclic) bond motifs is 1. The molecule has 1 atom stereocenters. The number of hydrogen-bond donors (Lipinski definition) is 2. The van der Waals surface area contributed by atoms with Crippen LogP contribution in [0.3, 0.4) is 0 Å². The molecule has 16 heavy (non-hydrogen) atoms. The zero-order valence-electron chi connectivity index (χ0n) is 8.70. The van der Waals surface area contributed by atoms with Crippen LogP contribution in [-0.4, -0.2) is 16.5 Å². The number of rotatable bonds is 1. The van der Waals surface area contributed by atoms with E-state index >= 15 is 0 Å². The molecule has 1 aromatic heterocycles. The van der Waals surface area contributed by atoms with Crippen LogP contribution in [-0.2, 0) is 6.42 Å². The Bertz CT molecular complexity index is 506. The van der Waals surface area contributed by atoms with Crippen molar-refractivity contribution in [3.05, 3.63) is 53.4 Å². The van der Waals surface area contributed by atoms with Gasteiger partial charge >= 0.3 is 0 Å². The minimum Gasteiger partial charge on any atom is -0.348 e. The highest BCUT2D eigenvalue weighted by Gasteiger charge is 2.23. The Labute approximate surface area is 92.7 Å². The molecule has 1 aliphatic rings. The van der Waals surface area contributed by atoms with Crippen molar-refractivity contribution in [2.75, 3.05) is 6.54 Å². The third-order valence-electron chi connectivity index (χ3n) is 2.93. The van der Waals surface area contributed by atoms with E-state index in [0.717, 1.165) is 29.9 Å². The second-order valence-corrected chi connectivity index (χ2v) is 3.96. The summed E-state index contributed by atoms with van der Waals surface area (Å²) in [5.74, 6) is -0.207. The molecule has 0 bridgehead atoms. The van der Waals surface area contributed by atoms with Gasteiger partial charge in [-0.05, 0) is 17.7 Å². The third-order valence-corrected chi connectivity index (χ3v) is 2.93. The first-order chi connectivity index (χ1) is 7.84. The van der Waals surface area contributed by atoms with Crippen LogP contribution in [0.4, 0.5) is 4.39 Å². The van der Waals surface area contributed by atoms with E-state index in [4.69, 9.17) is 0 Å². The van der Waals surface area contributed by atoms with E-state index < -0.39 is 0 Å². The highest BCUT2D eigenvalue weighted by atomic mass is 19.1. The molecule has 0 spiro atoms. The number of benzene rings is 1. The van der Waals surface area contributed by atoms with E-state index in [1.165, 1.54) is 6.07 Å². The molecule has 82 valence electrons. The first-order valence-corrected chi connectivity index (χ1v) is 5.35. The first kappa shape index (κ1) is 9.54. The molecule has 2 N–H and O–H groups in total. The van der Waals surface area contributed by atoms with Crippen molar-refractivity contribution in [3.63, 3.8) is 0 Å². The van der Waals surface area contributed by atoms with Gasteiger partial charge in [0, 0.05) is 18.7 Å². The number of nitrogens with zero attached hydrogens (tertiary/aromatic N) is 1. The Morgan fingerprint density at radius 3 is 3.19 bits per heavy atom. The van der Waals surface area contributed by atoms with Gasteiger partial charge in [0.2, 0.25) is 0 Å². The summed E-state index contributed by atoms with van der Waals surface area (Å²) < 4.78 is 13.2. The van der Waals surface area contributed by atoms with Crippen molar-refractivity contribution >= 4 is 0 Å². The molecule has 0 saturated heterocycles. The molecule has 1 aliphatic heterocycles. The van der Waals surface area contributed by atoms with Crippen molar-refractivity contribution in [3.8, 4) is 0 Å². The molecule has 0 unspecified atom stereocenters. The van der Waals surface area contributed by atoms with Crippen LogP contribution in [0.25, 0.3) is 0 Å². The normalized spacial score (nSPS) is 19.4. The average molecular weight is 217 g/mol. The molecular formula is C12H12FN3. The van der Waals surface area contributed by atoms with Gasteiger partial charge in [0.05, 0.1) is 18.1 Å². The minimum atomic E-state index is -0.207. The molecule has 2 heterocycles. The summed E-state index contributed by atoms with van der Waals surface area (Å²) in [6.45, 7) is 0.885. The number of nitrogens with one attached hydrogen (secondary N) is 2. The SMILES string of the molecule is Fc1cccc([C@@H]2NCCc3[nH]cnc32)c1. The zero-order chi connectivity index (χ0) is 11.0. The van der Waals surface area contributed by atoms with Crippen LogP contribution in [0.5, 0.6) is 0 Å². The summed E-state index contributed by atoms with van der Waals surface area (Å²) in [6.07, 6.45) is 2.64. The second kappa shape index (κ2) is 3.72. The molecule has 0 amide bonds. The van der Waals surface area contributed by atoms with Crippen LogP contribution < -0.4 is 5.32 Å². The van der Waals surface area contributed by atoms with E-state index in [-0.39, 0.29) is 11.9 Å². The predicted molar refractivity (Wildman–Crippen MR) is 58.5 cm³/mol. The summed E-state index contributed by atoms with van der Waals surface area (Å²) in [4.78, 5) is 7.43. The largest absolute Gasteiger partial charge is 0.348 e. The summed E-state index contributed by atoms with van der Waals surface area (Å²) >= 11 is 0. The van der Waals surface area contributed by atoms with E-state index in [2.05, 4.69) is 15.3 Å². The smallest absolute Gasteiger partial charge is 0.123 e. The fraction of sp³-hybridized carbons (Fsp3) is 0.250. The van der Waals surface area contributed by atoms with Crippen molar-refractivity contribution in [1.82, 2.24) is 15.3 Å².